The summed E-state index contributed by atoms with van der Waals surface area (Å²) < 4.78 is 1.73. The average Bonchev–Trinajstić information content (AvgIpc) is 3.15. The molecule has 0 spiro atoms. The van der Waals surface area contributed by atoms with Crippen LogP contribution in [0, 0.1) is 6.92 Å². The van der Waals surface area contributed by atoms with Gasteiger partial charge in [0.25, 0.3) is 0 Å². The van der Waals surface area contributed by atoms with Crippen molar-refractivity contribution in [3.63, 3.8) is 0 Å². The van der Waals surface area contributed by atoms with E-state index in [4.69, 9.17) is 0 Å². The fourth-order valence-electron chi connectivity index (χ4n) is 2.69. The zero-order valence-corrected chi connectivity index (χ0v) is 14.0. The molecule has 3 aromatic heterocycles. The summed E-state index contributed by atoms with van der Waals surface area (Å²) >= 11 is 3.34. The molecular formula is C16H14N4OS2. The highest BCUT2D eigenvalue weighted by molar-refractivity contribution is 8.00. The highest BCUT2D eigenvalue weighted by Gasteiger charge is 2.31. The van der Waals surface area contributed by atoms with Crippen LogP contribution in [0.15, 0.2) is 41.9 Å². The molecule has 1 aliphatic heterocycles. The summed E-state index contributed by atoms with van der Waals surface area (Å²) in [6.45, 7) is 1.98. The Hall–Kier alpha value is -2.12. The molecule has 5 nitrogen and oxygen atoms in total. The van der Waals surface area contributed by atoms with Crippen LogP contribution < -0.4 is 5.32 Å². The van der Waals surface area contributed by atoms with Gasteiger partial charge in [-0.2, -0.15) is 9.78 Å². The molecule has 0 aliphatic carbocycles. The monoisotopic (exact) mass is 342 g/mol. The first-order valence-electron chi connectivity index (χ1n) is 7.20. The number of aryl methyl sites for hydroxylation is 1. The van der Waals surface area contributed by atoms with Crippen molar-refractivity contribution in [1.82, 2.24) is 14.8 Å². The topological polar surface area (TPSA) is 59.8 Å². The second-order valence-corrected chi connectivity index (χ2v) is 7.27. The van der Waals surface area contributed by atoms with E-state index in [-0.39, 0.29) is 11.2 Å². The summed E-state index contributed by atoms with van der Waals surface area (Å²) in [6.07, 6.45) is 1.72. The largest absolute Gasteiger partial charge is 0.310 e. The molecule has 0 fully saturated rings. The van der Waals surface area contributed by atoms with Crippen molar-refractivity contribution in [2.45, 2.75) is 12.2 Å². The van der Waals surface area contributed by atoms with Gasteiger partial charge in [-0.25, -0.2) is 4.98 Å². The zero-order valence-electron chi connectivity index (χ0n) is 12.4. The number of carbonyl (C=O) groups is 1. The molecule has 4 rings (SSSR count). The third-order valence-corrected chi connectivity index (χ3v) is 6.01. The van der Waals surface area contributed by atoms with E-state index >= 15 is 0 Å². The van der Waals surface area contributed by atoms with Gasteiger partial charge < -0.3 is 5.32 Å². The minimum absolute atomic E-state index is 0.00705. The summed E-state index contributed by atoms with van der Waals surface area (Å²) in [5, 5.41) is 9.81. The van der Waals surface area contributed by atoms with E-state index in [0.717, 1.165) is 17.1 Å². The third-order valence-electron chi connectivity index (χ3n) is 3.68. The number of thiophene rings is 1. The fourth-order valence-corrected chi connectivity index (χ4v) is 4.86. The van der Waals surface area contributed by atoms with E-state index in [1.165, 1.54) is 4.88 Å². The van der Waals surface area contributed by atoms with Crippen molar-refractivity contribution < 1.29 is 4.79 Å². The quantitative estimate of drug-likeness (QED) is 0.775. The number of nitrogens with one attached hydrogen (secondary N) is 1. The summed E-state index contributed by atoms with van der Waals surface area (Å²) in [7, 11) is 0. The van der Waals surface area contributed by atoms with Crippen LogP contribution in [0.5, 0.6) is 0 Å². The molecule has 0 aromatic carbocycles. The van der Waals surface area contributed by atoms with Gasteiger partial charge >= 0.3 is 0 Å². The van der Waals surface area contributed by atoms with Crippen molar-refractivity contribution in [3.8, 4) is 5.82 Å². The van der Waals surface area contributed by atoms with Gasteiger partial charge in [-0.3, -0.25) is 4.79 Å². The lowest BCUT2D eigenvalue weighted by Crippen LogP contribution is -2.16. The van der Waals surface area contributed by atoms with Gasteiger partial charge in [0.15, 0.2) is 5.82 Å². The molecule has 7 heteroatoms. The summed E-state index contributed by atoms with van der Waals surface area (Å²) in [5.41, 5.74) is 1.98. The van der Waals surface area contributed by atoms with Crippen LogP contribution in [0.3, 0.4) is 0 Å². The Morgan fingerprint density at radius 1 is 1.30 bits per heavy atom. The van der Waals surface area contributed by atoms with E-state index in [2.05, 4.69) is 26.8 Å². The van der Waals surface area contributed by atoms with E-state index in [9.17, 15) is 4.79 Å². The summed E-state index contributed by atoms with van der Waals surface area (Å²) in [5.74, 6) is 1.86. The van der Waals surface area contributed by atoms with Crippen molar-refractivity contribution in [3.05, 3.63) is 58.0 Å². The van der Waals surface area contributed by atoms with Crippen molar-refractivity contribution >= 4 is 34.8 Å². The van der Waals surface area contributed by atoms with Crippen LogP contribution in [-0.2, 0) is 4.79 Å². The zero-order chi connectivity index (χ0) is 15.8. The predicted octanol–water partition coefficient (Wildman–Crippen LogP) is 3.41. The lowest BCUT2D eigenvalue weighted by Gasteiger charge is -2.12. The number of anilines is 1. The number of rotatable bonds is 2. The molecule has 1 atom stereocenters. The minimum atomic E-state index is -0.00705. The second kappa shape index (κ2) is 5.82. The molecule has 1 N–H and O–H groups in total. The first kappa shape index (κ1) is 14.5. The number of aromatic nitrogens is 3. The molecule has 0 bridgehead atoms. The molecule has 4 heterocycles. The standard InChI is InChI=1S/C16H14N4OS2/c1-10-14-15(11-5-4-8-22-11)23-9-13(21)18-16(14)20(19-10)12-6-2-3-7-17-12/h2-8,15H,9H2,1H3,(H,18,21)/t15-/m1/s1. The van der Waals surface area contributed by atoms with Gasteiger partial charge in [-0.05, 0) is 30.5 Å². The summed E-state index contributed by atoms with van der Waals surface area (Å²) in [6, 6.07) is 9.81. The van der Waals surface area contributed by atoms with E-state index in [1.54, 1.807) is 34.0 Å². The highest BCUT2D eigenvalue weighted by atomic mass is 32.2. The first-order chi connectivity index (χ1) is 11.2. The lowest BCUT2D eigenvalue weighted by molar-refractivity contribution is -0.113. The Morgan fingerprint density at radius 3 is 2.96 bits per heavy atom. The molecule has 3 aromatic rings. The van der Waals surface area contributed by atoms with Gasteiger partial charge in [0.2, 0.25) is 5.91 Å². The predicted molar refractivity (Wildman–Crippen MR) is 93.3 cm³/mol. The lowest BCUT2D eigenvalue weighted by atomic mass is 10.1. The highest BCUT2D eigenvalue weighted by Crippen LogP contribution is 2.44. The van der Waals surface area contributed by atoms with Crippen LogP contribution in [0.1, 0.15) is 21.4 Å². The van der Waals surface area contributed by atoms with Gasteiger partial charge in [0.1, 0.15) is 5.82 Å². The number of nitrogens with zero attached hydrogens (tertiary/aromatic N) is 3. The smallest absolute Gasteiger partial charge is 0.235 e. The SMILES string of the molecule is Cc1nn(-c2ccccn2)c2c1[C@@H](c1cccs1)SCC(=O)N2. The summed E-state index contributed by atoms with van der Waals surface area (Å²) in [4.78, 5) is 17.8. The van der Waals surface area contributed by atoms with Crippen LogP contribution in [0.25, 0.3) is 5.82 Å². The van der Waals surface area contributed by atoms with Crippen molar-refractivity contribution in [2.24, 2.45) is 0 Å². The van der Waals surface area contributed by atoms with Crippen LogP contribution in [0.2, 0.25) is 0 Å². The molecule has 0 radical (unpaired) electrons. The van der Waals surface area contributed by atoms with Crippen molar-refractivity contribution in [2.75, 3.05) is 11.1 Å². The molecule has 0 saturated carbocycles. The third kappa shape index (κ3) is 2.55. The second-order valence-electron chi connectivity index (χ2n) is 5.20. The number of amides is 1. The number of hydrogen-bond acceptors (Lipinski definition) is 5. The van der Waals surface area contributed by atoms with Gasteiger partial charge in [-0.1, -0.05) is 12.1 Å². The Balaban J connectivity index is 1.91. The average molecular weight is 342 g/mol. The van der Waals surface area contributed by atoms with Gasteiger partial charge in [0.05, 0.1) is 16.7 Å². The normalized spacial score (nSPS) is 17.4. The maximum absolute atomic E-state index is 12.2. The van der Waals surface area contributed by atoms with E-state index < -0.39 is 0 Å². The number of hydrogen-bond donors (Lipinski definition) is 1. The molecular weight excluding hydrogens is 328 g/mol. The molecule has 1 aliphatic rings. The van der Waals surface area contributed by atoms with Crippen LogP contribution >= 0.6 is 23.1 Å². The molecule has 0 unspecified atom stereocenters. The first-order valence-corrected chi connectivity index (χ1v) is 9.12. The molecule has 1 amide bonds. The minimum Gasteiger partial charge on any atom is -0.310 e. The Bertz CT molecular complexity index is 843. The van der Waals surface area contributed by atoms with Gasteiger partial charge in [0, 0.05) is 16.6 Å². The van der Waals surface area contributed by atoms with Crippen molar-refractivity contribution in [1.29, 1.82) is 0 Å². The molecule has 116 valence electrons. The Morgan fingerprint density at radius 2 is 2.22 bits per heavy atom. The van der Waals surface area contributed by atoms with E-state index in [1.807, 2.05) is 31.2 Å². The fraction of sp³-hybridized carbons (Fsp3) is 0.188. The number of carbonyl (C=O) groups excluding carboxylic acids is 1. The Labute approximate surface area is 141 Å². The van der Waals surface area contributed by atoms with Crippen LogP contribution in [-0.4, -0.2) is 26.4 Å². The van der Waals surface area contributed by atoms with Gasteiger partial charge in [-0.15, -0.1) is 23.1 Å². The maximum atomic E-state index is 12.2. The molecule has 23 heavy (non-hydrogen) atoms. The number of fused-ring (bicyclic) bond motifs is 1. The number of thioether (sulfide) groups is 1. The maximum Gasteiger partial charge on any atom is 0.235 e. The van der Waals surface area contributed by atoms with E-state index in [0.29, 0.717) is 11.6 Å². The number of pyridine rings is 1. The Kier molecular flexibility index (Phi) is 3.66. The van der Waals surface area contributed by atoms with Crippen LogP contribution in [0.4, 0.5) is 5.82 Å². The molecule has 0 saturated heterocycles.